The van der Waals surface area contributed by atoms with Gasteiger partial charge in [0.15, 0.2) is 5.78 Å². The zero-order valence-electron chi connectivity index (χ0n) is 12.0. The molecule has 2 aromatic rings. The lowest BCUT2D eigenvalue weighted by molar-refractivity contribution is -0.385. The van der Waals surface area contributed by atoms with Gasteiger partial charge in [-0.05, 0) is 28.1 Å². The predicted molar refractivity (Wildman–Crippen MR) is 88.3 cm³/mol. The van der Waals surface area contributed by atoms with Crippen LogP contribution in [0.4, 0.5) is 11.4 Å². The maximum absolute atomic E-state index is 12.8. The molecule has 128 valence electrons. The summed E-state index contributed by atoms with van der Waals surface area (Å²) in [6.45, 7) is 0. The number of nitro groups is 1. The number of nitro benzene ring substituents is 1. The Labute approximate surface area is 148 Å². The number of hydrogen-bond donors (Lipinski definition) is 2. The number of carbonyl (C=O) groups is 2. The minimum atomic E-state index is -4.76. The lowest BCUT2D eigenvalue weighted by Gasteiger charge is -2.21. The van der Waals surface area contributed by atoms with Crippen molar-refractivity contribution in [3.63, 3.8) is 0 Å². The van der Waals surface area contributed by atoms with Gasteiger partial charge < -0.3 is 5.73 Å². The Morgan fingerprint density at radius 1 is 1.12 bits per heavy atom. The summed E-state index contributed by atoms with van der Waals surface area (Å²) in [5.41, 5.74) is 3.16. The molecule has 0 spiro atoms. The second-order valence-corrected chi connectivity index (χ2v) is 7.35. The van der Waals surface area contributed by atoms with Crippen molar-refractivity contribution in [1.82, 2.24) is 0 Å². The van der Waals surface area contributed by atoms with Crippen LogP contribution in [0.25, 0.3) is 0 Å². The third kappa shape index (κ3) is 2.44. The quantitative estimate of drug-likeness (QED) is 0.272. The van der Waals surface area contributed by atoms with Crippen LogP contribution in [0, 0.1) is 10.1 Å². The van der Waals surface area contributed by atoms with E-state index in [9.17, 15) is 32.7 Å². The molecule has 0 aliphatic heterocycles. The van der Waals surface area contributed by atoms with E-state index in [0.717, 1.165) is 12.1 Å². The van der Waals surface area contributed by atoms with Crippen molar-refractivity contribution in [2.24, 2.45) is 0 Å². The molecule has 2 aromatic carbocycles. The molecule has 0 saturated heterocycles. The van der Waals surface area contributed by atoms with Crippen LogP contribution in [-0.4, -0.2) is 29.5 Å². The van der Waals surface area contributed by atoms with E-state index in [1.165, 1.54) is 12.1 Å². The number of anilines is 1. The molecule has 0 amide bonds. The molecule has 0 fully saturated rings. The van der Waals surface area contributed by atoms with Crippen LogP contribution in [0.2, 0.25) is 0 Å². The van der Waals surface area contributed by atoms with Gasteiger partial charge in [0.05, 0.1) is 21.7 Å². The van der Waals surface area contributed by atoms with Crippen LogP contribution in [0.3, 0.4) is 0 Å². The molecule has 0 saturated carbocycles. The Morgan fingerprint density at radius 2 is 1.76 bits per heavy atom. The predicted octanol–water partition coefficient (Wildman–Crippen LogP) is 1.96. The number of benzene rings is 2. The van der Waals surface area contributed by atoms with Gasteiger partial charge in [-0.15, -0.1) is 0 Å². The number of rotatable bonds is 2. The lowest BCUT2D eigenvalue weighted by Crippen LogP contribution is -2.25. The minimum Gasteiger partial charge on any atom is -0.397 e. The van der Waals surface area contributed by atoms with Crippen molar-refractivity contribution in [3.8, 4) is 0 Å². The molecule has 0 unspecified atom stereocenters. The molecule has 0 atom stereocenters. The highest BCUT2D eigenvalue weighted by Crippen LogP contribution is 2.40. The van der Waals surface area contributed by atoms with E-state index in [1.807, 2.05) is 0 Å². The number of hydrogen-bond acceptors (Lipinski definition) is 7. The number of carbonyl (C=O) groups excluding carboxylic acids is 2. The fourth-order valence-electron chi connectivity index (χ4n) is 2.69. The van der Waals surface area contributed by atoms with Gasteiger partial charge in [0.1, 0.15) is 10.5 Å². The Morgan fingerprint density at radius 3 is 2.32 bits per heavy atom. The number of ketones is 2. The van der Waals surface area contributed by atoms with Crippen molar-refractivity contribution in [2.75, 3.05) is 5.73 Å². The van der Waals surface area contributed by atoms with E-state index in [0.29, 0.717) is 0 Å². The van der Waals surface area contributed by atoms with Gasteiger partial charge in [-0.2, -0.15) is 8.42 Å². The zero-order valence-corrected chi connectivity index (χ0v) is 14.4. The average molecular weight is 427 g/mol. The van der Waals surface area contributed by atoms with E-state index < -0.39 is 54.0 Å². The van der Waals surface area contributed by atoms with E-state index in [4.69, 9.17) is 5.73 Å². The van der Waals surface area contributed by atoms with Crippen LogP contribution < -0.4 is 5.73 Å². The molecule has 11 heteroatoms. The Bertz CT molecular complexity index is 1110. The van der Waals surface area contributed by atoms with Crippen LogP contribution in [0.5, 0.6) is 0 Å². The van der Waals surface area contributed by atoms with Crippen LogP contribution in [0.1, 0.15) is 31.8 Å². The van der Waals surface area contributed by atoms with Crippen molar-refractivity contribution in [2.45, 2.75) is 4.90 Å². The van der Waals surface area contributed by atoms with Crippen LogP contribution in [0.15, 0.2) is 33.6 Å². The standard InChI is InChI=1S/C14H7BrN2O7S/c15-6-4-8(25(22,23)24)12(16)11-10(6)14(19)9-5(13(11)18)2-1-3-7(9)17(20)21/h1-4H,16H2,(H,22,23,24). The zero-order chi connectivity index (χ0) is 18.7. The highest BCUT2D eigenvalue weighted by molar-refractivity contribution is 9.10. The van der Waals surface area contributed by atoms with Crippen molar-refractivity contribution < 1.29 is 27.5 Å². The second kappa shape index (κ2) is 5.44. The van der Waals surface area contributed by atoms with Gasteiger partial charge >= 0.3 is 0 Å². The summed E-state index contributed by atoms with van der Waals surface area (Å²) in [4.78, 5) is 35.1. The first kappa shape index (κ1) is 17.2. The maximum atomic E-state index is 12.8. The normalized spacial score (nSPS) is 13.4. The van der Waals surface area contributed by atoms with Gasteiger partial charge in [0.25, 0.3) is 15.8 Å². The van der Waals surface area contributed by atoms with Crippen molar-refractivity contribution >= 4 is 49.0 Å². The largest absolute Gasteiger partial charge is 0.397 e. The molecule has 1 aliphatic carbocycles. The van der Waals surface area contributed by atoms with Gasteiger partial charge in [0.2, 0.25) is 5.78 Å². The third-order valence-corrected chi connectivity index (χ3v) is 5.24. The van der Waals surface area contributed by atoms with E-state index >= 15 is 0 Å². The highest BCUT2D eigenvalue weighted by Gasteiger charge is 2.39. The Balaban J connectivity index is 2.44. The molecule has 0 heterocycles. The van der Waals surface area contributed by atoms with E-state index in [-0.39, 0.29) is 15.6 Å². The molecule has 3 rings (SSSR count). The monoisotopic (exact) mass is 426 g/mol. The maximum Gasteiger partial charge on any atom is 0.296 e. The molecule has 9 nitrogen and oxygen atoms in total. The molecular weight excluding hydrogens is 420 g/mol. The number of nitrogen functional groups attached to an aromatic ring is 1. The summed E-state index contributed by atoms with van der Waals surface area (Å²) in [6, 6.07) is 4.39. The minimum absolute atomic E-state index is 0.133. The van der Waals surface area contributed by atoms with Gasteiger partial charge in [-0.1, -0.05) is 6.07 Å². The summed E-state index contributed by atoms with van der Waals surface area (Å²) in [5.74, 6) is -1.70. The van der Waals surface area contributed by atoms with E-state index in [2.05, 4.69) is 15.9 Å². The first-order chi connectivity index (χ1) is 11.6. The third-order valence-electron chi connectivity index (χ3n) is 3.72. The first-order valence-corrected chi connectivity index (χ1v) is 8.75. The number of nitrogens with zero attached hydrogens (tertiary/aromatic N) is 1. The Kier molecular flexibility index (Phi) is 3.74. The summed E-state index contributed by atoms with van der Waals surface area (Å²) in [6.07, 6.45) is 0. The second-order valence-electron chi connectivity index (χ2n) is 5.11. The van der Waals surface area contributed by atoms with Crippen LogP contribution in [-0.2, 0) is 10.1 Å². The number of halogens is 1. The molecular formula is C14H7BrN2O7S. The van der Waals surface area contributed by atoms with Gasteiger partial charge in [0, 0.05) is 16.1 Å². The molecule has 0 bridgehead atoms. The summed E-state index contributed by atoms with van der Waals surface area (Å²) >= 11 is 2.97. The summed E-state index contributed by atoms with van der Waals surface area (Å²) in [5, 5.41) is 11.2. The number of fused-ring (bicyclic) bond motifs is 2. The fraction of sp³-hybridized carbons (Fsp3) is 0. The SMILES string of the molecule is Nc1c(S(=O)(=O)O)cc(Br)c2c1C(=O)c1cccc([N+](=O)[O-])c1C2=O. The highest BCUT2D eigenvalue weighted by atomic mass is 79.9. The molecule has 0 radical (unpaired) electrons. The van der Waals surface area contributed by atoms with Crippen molar-refractivity contribution in [1.29, 1.82) is 0 Å². The smallest absolute Gasteiger partial charge is 0.296 e. The van der Waals surface area contributed by atoms with Gasteiger partial charge in [-0.3, -0.25) is 24.3 Å². The lowest BCUT2D eigenvalue weighted by atomic mass is 9.82. The summed E-state index contributed by atoms with van der Waals surface area (Å²) < 4.78 is 32.0. The molecule has 25 heavy (non-hydrogen) atoms. The Hall–Kier alpha value is -2.63. The average Bonchev–Trinajstić information content (AvgIpc) is 2.52. The van der Waals surface area contributed by atoms with Crippen molar-refractivity contribution in [3.05, 3.63) is 61.1 Å². The molecule has 0 aromatic heterocycles. The van der Waals surface area contributed by atoms with Gasteiger partial charge in [-0.25, -0.2) is 0 Å². The summed E-state index contributed by atoms with van der Waals surface area (Å²) in [7, 11) is -4.76. The fourth-order valence-corrected chi connectivity index (χ4v) is 4.10. The van der Waals surface area contributed by atoms with E-state index in [1.54, 1.807) is 0 Å². The molecule has 3 N–H and O–H groups in total. The topological polar surface area (TPSA) is 158 Å². The molecule has 1 aliphatic rings. The number of nitrogens with two attached hydrogens (primary N) is 1. The van der Waals surface area contributed by atoms with Crippen LogP contribution >= 0.6 is 15.9 Å². The first-order valence-electron chi connectivity index (χ1n) is 6.52.